The van der Waals surface area contributed by atoms with Crippen molar-refractivity contribution in [3.63, 3.8) is 0 Å². The summed E-state index contributed by atoms with van der Waals surface area (Å²) < 4.78 is 14.0. The molecule has 25 heavy (non-hydrogen) atoms. The Balaban J connectivity index is 1.65. The molecule has 1 heterocycles. The molecular weight excluding hydrogens is 311 g/mol. The Labute approximate surface area is 150 Å². The fourth-order valence-corrected chi connectivity index (χ4v) is 3.53. The first-order chi connectivity index (χ1) is 11.9. The summed E-state index contributed by atoms with van der Waals surface area (Å²) >= 11 is 0. The lowest BCUT2D eigenvalue weighted by molar-refractivity contribution is 0.308. The van der Waals surface area contributed by atoms with Crippen LogP contribution >= 0.6 is 0 Å². The number of amidine groups is 1. The van der Waals surface area contributed by atoms with Gasteiger partial charge in [-0.15, -0.1) is 0 Å². The van der Waals surface area contributed by atoms with Crippen LogP contribution in [0.4, 0.5) is 4.39 Å². The first kappa shape index (κ1) is 17.7. The molecule has 0 amide bonds. The Bertz CT molecular complexity index is 735. The van der Waals surface area contributed by atoms with Gasteiger partial charge in [-0.05, 0) is 41.4 Å². The first-order valence-electron chi connectivity index (χ1n) is 9.05. The van der Waals surface area contributed by atoms with E-state index in [0.29, 0.717) is 5.84 Å². The van der Waals surface area contributed by atoms with E-state index in [2.05, 4.69) is 37.8 Å². The van der Waals surface area contributed by atoms with Crippen molar-refractivity contribution < 1.29 is 4.39 Å². The van der Waals surface area contributed by atoms with Crippen LogP contribution in [0.5, 0.6) is 0 Å². The topological polar surface area (TPSA) is 27.1 Å². The molecule has 0 spiro atoms. The van der Waals surface area contributed by atoms with Gasteiger partial charge in [-0.3, -0.25) is 5.41 Å². The molecule has 0 radical (unpaired) electrons. The highest BCUT2D eigenvalue weighted by Gasteiger charge is 2.24. The monoisotopic (exact) mass is 338 g/mol. The third-order valence-electron chi connectivity index (χ3n) is 5.18. The van der Waals surface area contributed by atoms with Crippen molar-refractivity contribution >= 4 is 5.84 Å². The van der Waals surface area contributed by atoms with Crippen molar-refractivity contribution in [2.24, 2.45) is 0 Å². The summed E-state index contributed by atoms with van der Waals surface area (Å²) in [5.74, 6) is 0.731. The minimum absolute atomic E-state index is 0.103. The normalized spacial score (nSPS) is 16.1. The molecular formula is C22H27FN2. The highest BCUT2D eigenvalue weighted by molar-refractivity contribution is 5.96. The average molecular weight is 338 g/mol. The van der Waals surface area contributed by atoms with Crippen LogP contribution in [0.15, 0.2) is 48.5 Å². The molecule has 0 aliphatic carbocycles. The number of hydrogen-bond acceptors (Lipinski definition) is 1. The Morgan fingerprint density at radius 3 is 2.16 bits per heavy atom. The van der Waals surface area contributed by atoms with Crippen LogP contribution in [0.2, 0.25) is 0 Å². The van der Waals surface area contributed by atoms with Crippen molar-refractivity contribution in [1.82, 2.24) is 4.90 Å². The molecule has 1 N–H and O–H groups in total. The summed E-state index contributed by atoms with van der Waals surface area (Å²) in [5.41, 5.74) is 3.18. The Morgan fingerprint density at radius 1 is 1.00 bits per heavy atom. The standard InChI is InChI=1S/C22H27FN2/c1-22(2,3)18-10-8-17(9-11-18)21(24)25-14-12-16(13-15-25)19-6-4-5-7-20(19)23/h4-11,16,24H,12-15H2,1-3H3. The summed E-state index contributed by atoms with van der Waals surface area (Å²) in [6.07, 6.45) is 1.78. The van der Waals surface area contributed by atoms with Gasteiger partial charge < -0.3 is 4.90 Å². The van der Waals surface area contributed by atoms with Crippen molar-refractivity contribution in [3.8, 4) is 0 Å². The molecule has 0 bridgehead atoms. The number of nitrogens with zero attached hydrogens (tertiary/aromatic N) is 1. The van der Waals surface area contributed by atoms with Gasteiger partial charge in [0.25, 0.3) is 0 Å². The van der Waals surface area contributed by atoms with Gasteiger partial charge in [-0.2, -0.15) is 0 Å². The van der Waals surface area contributed by atoms with E-state index in [4.69, 9.17) is 5.41 Å². The molecule has 2 aromatic carbocycles. The second-order valence-corrected chi connectivity index (χ2v) is 7.96. The van der Waals surface area contributed by atoms with Crippen LogP contribution in [0, 0.1) is 11.2 Å². The summed E-state index contributed by atoms with van der Waals surface area (Å²) in [7, 11) is 0. The largest absolute Gasteiger partial charge is 0.357 e. The van der Waals surface area contributed by atoms with Gasteiger partial charge in [-0.1, -0.05) is 63.2 Å². The summed E-state index contributed by atoms with van der Waals surface area (Å²) in [6, 6.07) is 15.4. The smallest absolute Gasteiger partial charge is 0.128 e. The Morgan fingerprint density at radius 2 is 1.60 bits per heavy atom. The number of hydrogen-bond donors (Lipinski definition) is 1. The predicted octanol–water partition coefficient (Wildman–Crippen LogP) is 5.33. The lowest BCUT2D eigenvalue weighted by atomic mass is 9.86. The van der Waals surface area contributed by atoms with Crippen molar-refractivity contribution in [1.29, 1.82) is 5.41 Å². The van der Waals surface area contributed by atoms with E-state index in [0.717, 1.165) is 37.1 Å². The van der Waals surface area contributed by atoms with Crippen molar-refractivity contribution in [2.45, 2.75) is 44.9 Å². The molecule has 0 saturated carbocycles. The number of halogens is 1. The maximum absolute atomic E-state index is 14.0. The maximum atomic E-state index is 14.0. The van der Waals surface area contributed by atoms with Gasteiger partial charge in [-0.25, -0.2) is 4.39 Å². The minimum Gasteiger partial charge on any atom is -0.357 e. The van der Waals surface area contributed by atoms with E-state index in [1.807, 2.05) is 24.3 Å². The first-order valence-corrected chi connectivity index (χ1v) is 9.05. The van der Waals surface area contributed by atoms with Crippen molar-refractivity contribution in [3.05, 3.63) is 71.0 Å². The lowest BCUT2D eigenvalue weighted by Gasteiger charge is -2.34. The molecule has 0 atom stereocenters. The second kappa shape index (κ2) is 6.99. The van der Waals surface area contributed by atoms with Gasteiger partial charge in [0, 0.05) is 18.7 Å². The number of piperidine rings is 1. The van der Waals surface area contributed by atoms with Gasteiger partial charge in [0.2, 0.25) is 0 Å². The van der Waals surface area contributed by atoms with Gasteiger partial charge in [0.1, 0.15) is 11.7 Å². The third kappa shape index (κ3) is 3.92. The van der Waals surface area contributed by atoms with Crippen LogP contribution in [0.3, 0.4) is 0 Å². The number of likely N-dealkylation sites (tertiary alicyclic amines) is 1. The molecule has 1 aliphatic rings. The third-order valence-corrected chi connectivity index (χ3v) is 5.18. The molecule has 2 nitrogen and oxygen atoms in total. The van der Waals surface area contributed by atoms with Crippen LogP contribution in [-0.4, -0.2) is 23.8 Å². The molecule has 0 aromatic heterocycles. The molecule has 1 aliphatic heterocycles. The fraction of sp³-hybridized carbons (Fsp3) is 0.409. The minimum atomic E-state index is -0.103. The SMILES string of the molecule is CC(C)(C)c1ccc(C(=N)N2CCC(c3ccccc3F)CC2)cc1. The van der Waals surface area contributed by atoms with E-state index < -0.39 is 0 Å². The van der Waals surface area contributed by atoms with E-state index in [1.54, 1.807) is 12.1 Å². The van der Waals surface area contributed by atoms with Gasteiger partial charge >= 0.3 is 0 Å². The predicted molar refractivity (Wildman–Crippen MR) is 102 cm³/mol. The van der Waals surface area contributed by atoms with Crippen LogP contribution in [0.1, 0.15) is 56.2 Å². The Hall–Kier alpha value is -2.16. The zero-order valence-electron chi connectivity index (χ0n) is 15.3. The van der Waals surface area contributed by atoms with Gasteiger partial charge in [0.15, 0.2) is 0 Å². The van der Waals surface area contributed by atoms with E-state index in [1.165, 1.54) is 5.56 Å². The summed E-state index contributed by atoms with van der Waals surface area (Å²) in [4.78, 5) is 2.11. The number of benzene rings is 2. The van der Waals surface area contributed by atoms with Crippen LogP contribution in [0.25, 0.3) is 0 Å². The highest BCUT2D eigenvalue weighted by atomic mass is 19.1. The molecule has 3 rings (SSSR count). The van der Waals surface area contributed by atoms with Crippen molar-refractivity contribution in [2.75, 3.05) is 13.1 Å². The maximum Gasteiger partial charge on any atom is 0.128 e. The van der Waals surface area contributed by atoms with E-state index >= 15 is 0 Å². The molecule has 132 valence electrons. The molecule has 1 fully saturated rings. The summed E-state index contributed by atoms with van der Waals surface area (Å²) in [6.45, 7) is 8.19. The molecule has 0 unspecified atom stereocenters. The lowest BCUT2D eigenvalue weighted by Crippen LogP contribution is -2.38. The van der Waals surface area contributed by atoms with E-state index in [9.17, 15) is 4.39 Å². The molecule has 2 aromatic rings. The summed E-state index contributed by atoms with van der Waals surface area (Å²) in [5, 5.41) is 8.52. The van der Waals surface area contributed by atoms with Crippen LogP contribution in [-0.2, 0) is 5.41 Å². The van der Waals surface area contributed by atoms with Gasteiger partial charge in [0.05, 0.1) is 0 Å². The fourth-order valence-electron chi connectivity index (χ4n) is 3.53. The Kier molecular flexibility index (Phi) is 4.94. The highest BCUT2D eigenvalue weighted by Crippen LogP contribution is 2.30. The zero-order valence-corrected chi connectivity index (χ0v) is 15.3. The number of nitrogens with one attached hydrogen (secondary N) is 1. The molecule has 3 heteroatoms. The number of rotatable bonds is 2. The average Bonchev–Trinajstić information content (AvgIpc) is 2.61. The van der Waals surface area contributed by atoms with E-state index in [-0.39, 0.29) is 17.2 Å². The zero-order chi connectivity index (χ0) is 18.0. The molecule has 1 saturated heterocycles. The van der Waals surface area contributed by atoms with Crippen LogP contribution < -0.4 is 0 Å². The quantitative estimate of drug-likeness (QED) is 0.582. The second-order valence-electron chi connectivity index (χ2n) is 7.96.